The molecule has 0 spiro atoms. The summed E-state index contributed by atoms with van der Waals surface area (Å²) in [4.78, 5) is 24.5. The summed E-state index contributed by atoms with van der Waals surface area (Å²) in [7, 11) is 0. The first-order valence-electron chi connectivity index (χ1n) is 9.56. The van der Waals surface area contributed by atoms with Gasteiger partial charge in [-0.3, -0.25) is 9.59 Å². The van der Waals surface area contributed by atoms with Gasteiger partial charge >= 0.3 is 0 Å². The lowest BCUT2D eigenvalue weighted by atomic mass is 9.43. The maximum absolute atomic E-state index is 12.5. The second-order valence-corrected chi connectivity index (χ2v) is 9.33. The predicted octanol–water partition coefficient (Wildman–Crippen LogP) is 3.39. The molecule has 4 rings (SSSR count). The van der Waals surface area contributed by atoms with Crippen LogP contribution in [-0.2, 0) is 9.59 Å². The Morgan fingerprint density at radius 1 is 1.09 bits per heavy atom. The number of ketones is 2. The van der Waals surface area contributed by atoms with Crippen LogP contribution < -0.4 is 0 Å². The second kappa shape index (κ2) is 5.15. The SMILES string of the molecule is C[C@]12CCC(=O)C[C@@H]1CC(CO)[C@@H]1[C@@H]2CC[C@]2(C)C(=O)CC[C@@H]12. The van der Waals surface area contributed by atoms with Gasteiger partial charge in [-0.2, -0.15) is 0 Å². The van der Waals surface area contributed by atoms with Crippen molar-refractivity contribution in [2.75, 3.05) is 6.61 Å². The third-order valence-electron chi connectivity index (χ3n) is 8.60. The first-order valence-corrected chi connectivity index (χ1v) is 9.56. The molecule has 0 saturated heterocycles. The molecule has 0 amide bonds. The van der Waals surface area contributed by atoms with Gasteiger partial charge in [-0.15, -0.1) is 0 Å². The predicted molar refractivity (Wildman–Crippen MR) is 87.7 cm³/mol. The molecule has 4 aliphatic rings. The summed E-state index contributed by atoms with van der Waals surface area (Å²) in [6, 6.07) is 0. The molecule has 1 unspecified atom stereocenters. The minimum atomic E-state index is -0.137. The van der Waals surface area contributed by atoms with Crippen molar-refractivity contribution in [3.63, 3.8) is 0 Å². The zero-order valence-corrected chi connectivity index (χ0v) is 14.5. The van der Waals surface area contributed by atoms with E-state index in [2.05, 4.69) is 13.8 Å². The lowest BCUT2D eigenvalue weighted by molar-refractivity contribution is -0.157. The van der Waals surface area contributed by atoms with E-state index in [-0.39, 0.29) is 17.4 Å². The van der Waals surface area contributed by atoms with Gasteiger partial charge in [0.25, 0.3) is 0 Å². The summed E-state index contributed by atoms with van der Waals surface area (Å²) >= 11 is 0. The largest absolute Gasteiger partial charge is 0.396 e. The number of rotatable bonds is 1. The van der Waals surface area contributed by atoms with Crippen molar-refractivity contribution in [2.24, 2.45) is 40.4 Å². The summed E-state index contributed by atoms with van der Waals surface area (Å²) in [6.07, 6.45) is 7.35. The van der Waals surface area contributed by atoms with Crippen molar-refractivity contribution in [3.8, 4) is 0 Å². The Balaban J connectivity index is 1.72. The monoisotopic (exact) mass is 318 g/mol. The van der Waals surface area contributed by atoms with Gasteiger partial charge in [-0.05, 0) is 67.1 Å². The van der Waals surface area contributed by atoms with E-state index in [1.807, 2.05) is 0 Å². The Labute approximate surface area is 139 Å². The highest BCUT2D eigenvalue weighted by atomic mass is 16.3. The second-order valence-electron chi connectivity index (χ2n) is 9.33. The quantitative estimate of drug-likeness (QED) is 0.806. The van der Waals surface area contributed by atoms with Crippen LogP contribution in [0.5, 0.6) is 0 Å². The number of aliphatic hydroxyl groups is 1. The lowest BCUT2D eigenvalue weighted by Gasteiger charge is -2.61. The standard InChI is InChI=1S/C20H30O3/c1-19-7-5-14(22)10-13(19)9-12(11-21)18-15-3-4-17(23)20(15,2)8-6-16(18)19/h12-13,15-16,18,21H,3-11H2,1-2H3/t12?,13-,15-,16-,18-,19-,20-/m0/s1. The number of fused-ring (bicyclic) bond motifs is 5. The molecule has 128 valence electrons. The Morgan fingerprint density at radius 3 is 2.61 bits per heavy atom. The molecule has 4 saturated carbocycles. The maximum Gasteiger partial charge on any atom is 0.139 e. The van der Waals surface area contributed by atoms with Crippen molar-refractivity contribution >= 4 is 11.6 Å². The molecule has 3 heteroatoms. The van der Waals surface area contributed by atoms with Crippen LogP contribution in [-0.4, -0.2) is 23.3 Å². The Hall–Kier alpha value is -0.700. The highest BCUT2D eigenvalue weighted by molar-refractivity contribution is 5.87. The van der Waals surface area contributed by atoms with Crippen molar-refractivity contribution in [1.82, 2.24) is 0 Å². The summed E-state index contributed by atoms with van der Waals surface area (Å²) in [5.74, 6) is 3.16. The molecular formula is C20H30O3. The van der Waals surface area contributed by atoms with E-state index in [0.29, 0.717) is 41.2 Å². The van der Waals surface area contributed by atoms with Crippen molar-refractivity contribution in [1.29, 1.82) is 0 Å². The highest BCUT2D eigenvalue weighted by Crippen LogP contribution is 2.66. The molecule has 7 atom stereocenters. The van der Waals surface area contributed by atoms with Gasteiger partial charge in [0, 0.05) is 31.3 Å². The number of carbonyl (C=O) groups is 2. The zero-order chi connectivity index (χ0) is 16.4. The molecule has 1 N–H and O–H groups in total. The van der Waals surface area contributed by atoms with Crippen molar-refractivity contribution < 1.29 is 14.7 Å². The third kappa shape index (κ3) is 2.04. The van der Waals surface area contributed by atoms with E-state index in [1.165, 1.54) is 0 Å². The molecule has 0 bridgehead atoms. The van der Waals surface area contributed by atoms with Crippen LogP contribution in [0.1, 0.15) is 65.2 Å². The fraction of sp³-hybridized carbons (Fsp3) is 0.900. The Bertz CT molecular complexity index is 541. The van der Waals surface area contributed by atoms with Crippen molar-refractivity contribution in [2.45, 2.75) is 65.2 Å². The van der Waals surface area contributed by atoms with Crippen LogP contribution in [0.4, 0.5) is 0 Å². The molecule has 4 aliphatic carbocycles. The molecule has 0 aromatic rings. The smallest absolute Gasteiger partial charge is 0.139 e. The average molecular weight is 318 g/mol. The first kappa shape index (κ1) is 15.8. The Kier molecular flexibility index (Phi) is 3.54. The highest BCUT2D eigenvalue weighted by Gasteiger charge is 2.62. The van der Waals surface area contributed by atoms with Crippen LogP contribution in [0.15, 0.2) is 0 Å². The van der Waals surface area contributed by atoms with Gasteiger partial charge in [-0.25, -0.2) is 0 Å². The van der Waals surface area contributed by atoms with E-state index in [1.54, 1.807) is 0 Å². The molecule has 0 aliphatic heterocycles. The van der Waals surface area contributed by atoms with Gasteiger partial charge in [0.05, 0.1) is 0 Å². The van der Waals surface area contributed by atoms with Crippen molar-refractivity contribution in [3.05, 3.63) is 0 Å². The van der Waals surface area contributed by atoms with E-state index >= 15 is 0 Å². The summed E-state index contributed by atoms with van der Waals surface area (Å²) < 4.78 is 0. The van der Waals surface area contributed by atoms with E-state index in [0.717, 1.165) is 51.4 Å². The summed E-state index contributed by atoms with van der Waals surface area (Å²) in [5.41, 5.74) is 0.111. The fourth-order valence-corrected chi connectivity index (χ4v) is 7.18. The van der Waals surface area contributed by atoms with Gasteiger partial charge in [0.2, 0.25) is 0 Å². The normalized spacial score (nSPS) is 52.7. The third-order valence-corrected chi connectivity index (χ3v) is 8.60. The maximum atomic E-state index is 12.5. The first-order chi connectivity index (χ1) is 10.9. The molecule has 3 nitrogen and oxygen atoms in total. The molecule has 23 heavy (non-hydrogen) atoms. The Morgan fingerprint density at radius 2 is 1.87 bits per heavy atom. The number of hydrogen-bond acceptors (Lipinski definition) is 3. The van der Waals surface area contributed by atoms with Crippen LogP contribution in [0, 0.1) is 40.4 Å². The molecule has 0 radical (unpaired) electrons. The van der Waals surface area contributed by atoms with Crippen LogP contribution in [0.25, 0.3) is 0 Å². The number of Topliss-reactive ketones (excluding diaryl/α,β-unsaturated/α-hetero) is 2. The molecule has 0 aromatic carbocycles. The fourth-order valence-electron chi connectivity index (χ4n) is 7.18. The van der Waals surface area contributed by atoms with Gasteiger partial charge < -0.3 is 5.11 Å². The topological polar surface area (TPSA) is 54.4 Å². The van der Waals surface area contributed by atoms with Crippen LogP contribution in [0.3, 0.4) is 0 Å². The van der Waals surface area contributed by atoms with E-state index in [4.69, 9.17) is 0 Å². The number of carbonyl (C=O) groups excluding carboxylic acids is 2. The average Bonchev–Trinajstić information content (AvgIpc) is 2.83. The van der Waals surface area contributed by atoms with Gasteiger partial charge in [0.15, 0.2) is 0 Å². The number of aliphatic hydroxyl groups excluding tert-OH is 1. The van der Waals surface area contributed by atoms with E-state index < -0.39 is 0 Å². The van der Waals surface area contributed by atoms with Crippen LogP contribution >= 0.6 is 0 Å². The van der Waals surface area contributed by atoms with Gasteiger partial charge in [-0.1, -0.05) is 13.8 Å². The lowest BCUT2D eigenvalue weighted by Crippen LogP contribution is -2.57. The van der Waals surface area contributed by atoms with Gasteiger partial charge in [0.1, 0.15) is 11.6 Å². The summed E-state index contributed by atoms with van der Waals surface area (Å²) in [6.45, 7) is 4.83. The molecule has 4 fully saturated rings. The van der Waals surface area contributed by atoms with E-state index in [9.17, 15) is 14.7 Å². The van der Waals surface area contributed by atoms with Crippen LogP contribution in [0.2, 0.25) is 0 Å². The molecular weight excluding hydrogens is 288 g/mol. The minimum absolute atomic E-state index is 0.137. The summed E-state index contributed by atoms with van der Waals surface area (Å²) in [5, 5.41) is 10.1. The minimum Gasteiger partial charge on any atom is -0.396 e. The molecule has 0 aromatic heterocycles. The number of hydrogen-bond donors (Lipinski definition) is 1. The molecule has 0 heterocycles. The zero-order valence-electron chi connectivity index (χ0n) is 14.5.